The summed E-state index contributed by atoms with van der Waals surface area (Å²) >= 11 is 0. The number of amides is 2. The van der Waals surface area contributed by atoms with Gasteiger partial charge in [0.05, 0.1) is 12.0 Å². The first-order valence-electron chi connectivity index (χ1n) is 12.8. The Bertz CT molecular complexity index is 905. The normalized spacial score (nSPS) is 16.8. The molecule has 2 rings (SSSR count). The number of benzene rings is 1. The summed E-state index contributed by atoms with van der Waals surface area (Å²) in [4.78, 5) is 38.3. The summed E-state index contributed by atoms with van der Waals surface area (Å²) in [5.41, 5.74) is 1.67. The van der Waals surface area contributed by atoms with Crippen LogP contribution in [0.15, 0.2) is 66.8 Å². The molecular formula is C29H40N2O5. The first kappa shape index (κ1) is 29.0. The fraction of sp³-hybridized carbons (Fsp3) is 0.483. The molecule has 1 aliphatic rings. The minimum absolute atomic E-state index is 0.129. The minimum atomic E-state index is -0.889. The molecule has 1 aliphatic carbocycles. The summed E-state index contributed by atoms with van der Waals surface area (Å²) in [6.07, 6.45) is 12.7. The van der Waals surface area contributed by atoms with E-state index in [9.17, 15) is 19.6 Å². The number of rotatable bonds is 15. The van der Waals surface area contributed by atoms with Crippen LogP contribution in [-0.2, 0) is 25.5 Å². The van der Waals surface area contributed by atoms with E-state index in [1.165, 1.54) is 0 Å². The van der Waals surface area contributed by atoms with Gasteiger partial charge in [-0.1, -0.05) is 74.6 Å². The third-order valence-electron chi connectivity index (χ3n) is 6.52. The monoisotopic (exact) mass is 496 g/mol. The molecule has 0 bridgehead atoms. The molecule has 0 spiro atoms. The lowest BCUT2D eigenvalue weighted by Gasteiger charge is -2.31. The lowest BCUT2D eigenvalue weighted by atomic mass is 9.87. The molecule has 3 atom stereocenters. The number of carbonyl (C=O) groups is 3. The average Bonchev–Trinajstić information content (AvgIpc) is 3.40. The Morgan fingerprint density at radius 2 is 1.94 bits per heavy atom. The van der Waals surface area contributed by atoms with Crippen molar-refractivity contribution in [2.75, 3.05) is 0 Å². The molecule has 1 saturated carbocycles. The number of esters is 1. The highest BCUT2D eigenvalue weighted by atomic mass is 16.5. The van der Waals surface area contributed by atoms with Crippen molar-refractivity contribution < 1.29 is 24.3 Å². The second-order valence-corrected chi connectivity index (χ2v) is 9.22. The van der Waals surface area contributed by atoms with Gasteiger partial charge in [0.1, 0.15) is 12.1 Å². The van der Waals surface area contributed by atoms with Gasteiger partial charge in [0, 0.05) is 6.42 Å². The molecule has 36 heavy (non-hydrogen) atoms. The van der Waals surface area contributed by atoms with Crippen LogP contribution in [-0.4, -0.2) is 46.7 Å². The molecule has 0 heterocycles. The maximum absolute atomic E-state index is 13.7. The van der Waals surface area contributed by atoms with Gasteiger partial charge in [-0.2, -0.15) is 0 Å². The Balaban J connectivity index is 2.34. The summed E-state index contributed by atoms with van der Waals surface area (Å²) in [5, 5.41) is 13.8. The number of allylic oxidation sites excluding steroid dienone is 5. The number of nitrogens with zero attached hydrogens (tertiary/aromatic N) is 1. The van der Waals surface area contributed by atoms with Crippen LogP contribution < -0.4 is 5.32 Å². The molecule has 196 valence electrons. The van der Waals surface area contributed by atoms with Crippen molar-refractivity contribution in [2.24, 2.45) is 5.92 Å². The molecular weight excluding hydrogens is 456 g/mol. The van der Waals surface area contributed by atoms with E-state index in [4.69, 9.17) is 4.74 Å². The van der Waals surface area contributed by atoms with Crippen LogP contribution in [0.25, 0.3) is 0 Å². The van der Waals surface area contributed by atoms with E-state index in [1.54, 1.807) is 6.08 Å². The average molecular weight is 497 g/mol. The predicted octanol–water partition coefficient (Wildman–Crippen LogP) is 4.91. The fourth-order valence-corrected chi connectivity index (χ4v) is 4.56. The van der Waals surface area contributed by atoms with Gasteiger partial charge in [-0.25, -0.2) is 9.86 Å². The van der Waals surface area contributed by atoms with E-state index in [-0.39, 0.29) is 18.9 Å². The third kappa shape index (κ3) is 9.11. The Hall–Kier alpha value is -3.19. The molecule has 2 N–H and O–H groups in total. The summed E-state index contributed by atoms with van der Waals surface area (Å²) in [7, 11) is 0. The second kappa shape index (κ2) is 15.7. The first-order chi connectivity index (χ1) is 17.4. The van der Waals surface area contributed by atoms with Gasteiger partial charge >= 0.3 is 5.97 Å². The van der Waals surface area contributed by atoms with E-state index < -0.39 is 29.9 Å². The lowest BCUT2D eigenvalue weighted by molar-refractivity contribution is -0.169. The quantitative estimate of drug-likeness (QED) is 0.118. The van der Waals surface area contributed by atoms with Crippen LogP contribution in [0.1, 0.15) is 64.4 Å². The van der Waals surface area contributed by atoms with Crippen molar-refractivity contribution in [3.63, 3.8) is 0 Å². The van der Waals surface area contributed by atoms with Crippen LogP contribution >= 0.6 is 0 Å². The molecule has 0 aliphatic heterocycles. The smallest absolute Gasteiger partial charge is 0.329 e. The number of hydroxylamine groups is 2. The molecule has 1 aromatic rings. The Morgan fingerprint density at radius 3 is 2.53 bits per heavy atom. The number of nitrogens with one attached hydrogen (secondary N) is 1. The zero-order valence-corrected chi connectivity index (χ0v) is 21.5. The maximum Gasteiger partial charge on any atom is 0.329 e. The van der Waals surface area contributed by atoms with Crippen LogP contribution in [0.3, 0.4) is 0 Å². The number of hydrogen-bond acceptors (Lipinski definition) is 5. The molecule has 1 aromatic carbocycles. The third-order valence-corrected chi connectivity index (χ3v) is 6.52. The van der Waals surface area contributed by atoms with Crippen molar-refractivity contribution in [3.05, 3.63) is 72.4 Å². The van der Waals surface area contributed by atoms with Crippen molar-refractivity contribution in [1.29, 1.82) is 0 Å². The van der Waals surface area contributed by atoms with Gasteiger partial charge in [-0.15, -0.1) is 0 Å². The molecule has 7 heteroatoms. The van der Waals surface area contributed by atoms with Crippen LogP contribution in [0.4, 0.5) is 0 Å². The predicted molar refractivity (Wildman–Crippen MR) is 140 cm³/mol. The van der Waals surface area contributed by atoms with E-state index in [0.29, 0.717) is 24.3 Å². The zero-order valence-electron chi connectivity index (χ0n) is 21.5. The van der Waals surface area contributed by atoms with Crippen molar-refractivity contribution in [2.45, 2.75) is 83.4 Å². The van der Waals surface area contributed by atoms with Gasteiger partial charge in [0.2, 0.25) is 12.3 Å². The van der Waals surface area contributed by atoms with Gasteiger partial charge in [0.15, 0.2) is 0 Å². The SMILES string of the molecule is C=C/C(=C\C=C/C)CC(C(=O)N[C@@H](Cc1ccccc1)C(=O)OC1CCCC1)[C@H](CCC)N(O)C=O. The first-order valence-corrected chi connectivity index (χ1v) is 12.8. The molecule has 2 amide bonds. The molecule has 1 unspecified atom stereocenters. The van der Waals surface area contributed by atoms with Gasteiger partial charge in [0.25, 0.3) is 0 Å². The van der Waals surface area contributed by atoms with Gasteiger partial charge in [-0.05, 0) is 56.6 Å². The largest absolute Gasteiger partial charge is 0.461 e. The molecule has 7 nitrogen and oxygen atoms in total. The summed E-state index contributed by atoms with van der Waals surface area (Å²) in [5.74, 6) is -1.69. The van der Waals surface area contributed by atoms with Gasteiger partial charge in [-0.3, -0.25) is 14.8 Å². The Kier molecular flexibility index (Phi) is 12.7. The second-order valence-electron chi connectivity index (χ2n) is 9.22. The van der Waals surface area contributed by atoms with E-state index in [0.717, 1.165) is 36.8 Å². The summed E-state index contributed by atoms with van der Waals surface area (Å²) in [6, 6.07) is 7.81. The van der Waals surface area contributed by atoms with Crippen LogP contribution in [0.2, 0.25) is 0 Å². The molecule has 0 saturated heterocycles. The van der Waals surface area contributed by atoms with Crippen molar-refractivity contribution in [3.8, 4) is 0 Å². The molecule has 0 aromatic heterocycles. The Labute approximate surface area is 214 Å². The summed E-state index contributed by atoms with van der Waals surface area (Å²) in [6.45, 7) is 7.65. The highest BCUT2D eigenvalue weighted by Gasteiger charge is 2.35. The topological polar surface area (TPSA) is 95.9 Å². The van der Waals surface area contributed by atoms with E-state index >= 15 is 0 Å². The van der Waals surface area contributed by atoms with E-state index in [2.05, 4.69) is 11.9 Å². The molecule has 0 radical (unpaired) electrons. The maximum atomic E-state index is 13.7. The highest BCUT2D eigenvalue weighted by molar-refractivity contribution is 5.87. The summed E-state index contributed by atoms with van der Waals surface area (Å²) < 4.78 is 5.75. The zero-order chi connectivity index (χ0) is 26.3. The van der Waals surface area contributed by atoms with Crippen LogP contribution in [0.5, 0.6) is 0 Å². The number of hydrogen-bond donors (Lipinski definition) is 2. The standard InChI is InChI=1S/C29H40N2O5/c1-4-7-14-22(6-3)19-25(27(13-5-2)31(35)21-32)28(33)30-26(20-23-15-9-8-10-16-23)29(34)36-24-17-11-12-18-24/h4,6-10,14-16,21,24-27,35H,3,5,11-13,17-20H2,1-2H3,(H,30,33)/b7-4-,22-14+/t25?,26-,27-/m0/s1. The highest BCUT2D eigenvalue weighted by Crippen LogP contribution is 2.25. The van der Waals surface area contributed by atoms with E-state index in [1.807, 2.05) is 62.4 Å². The van der Waals surface area contributed by atoms with Crippen molar-refractivity contribution >= 4 is 18.3 Å². The van der Waals surface area contributed by atoms with Crippen molar-refractivity contribution in [1.82, 2.24) is 10.4 Å². The van der Waals surface area contributed by atoms with Gasteiger partial charge < -0.3 is 10.1 Å². The Morgan fingerprint density at radius 1 is 1.25 bits per heavy atom. The minimum Gasteiger partial charge on any atom is -0.461 e. The number of ether oxygens (including phenoxy) is 1. The lowest BCUT2D eigenvalue weighted by Crippen LogP contribution is -2.51. The number of carbonyl (C=O) groups excluding carboxylic acids is 3. The molecule has 1 fully saturated rings. The fourth-order valence-electron chi connectivity index (χ4n) is 4.56. The van der Waals surface area contributed by atoms with Crippen LogP contribution in [0, 0.1) is 5.92 Å².